The van der Waals surface area contributed by atoms with Gasteiger partial charge in [-0.2, -0.15) is 0 Å². The highest BCUT2D eigenvalue weighted by Gasteiger charge is 2.51. The maximum absolute atomic E-state index is 13.9. The van der Waals surface area contributed by atoms with Crippen molar-refractivity contribution in [3.8, 4) is 22.6 Å². The lowest BCUT2D eigenvalue weighted by Gasteiger charge is -2.39. The number of tetrazole rings is 1. The molecule has 8 heteroatoms. The number of likely N-dealkylation sites (tertiary alicyclic amines) is 1. The van der Waals surface area contributed by atoms with E-state index < -0.39 is 0 Å². The standard InChI is InChI=1S/C25H28ClN5O2/c1-24(2)11-20-12-25(3,13-24)14-30(20)23(32)17-7-16(8-19(9-17)31-15-27-28-29-31)21-10-18(26)5-6-22(21)33-4/h5-10,15,20H,11-14H2,1-4H3/t20-,25+/m1/s1. The first-order valence-corrected chi connectivity index (χ1v) is 11.6. The summed E-state index contributed by atoms with van der Waals surface area (Å²) >= 11 is 6.30. The van der Waals surface area contributed by atoms with Crippen molar-refractivity contribution in [1.29, 1.82) is 0 Å². The van der Waals surface area contributed by atoms with Crippen LogP contribution in [-0.2, 0) is 0 Å². The first-order chi connectivity index (χ1) is 15.7. The molecule has 1 aliphatic carbocycles. The Kier molecular flexibility index (Phi) is 5.20. The Labute approximate surface area is 198 Å². The lowest BCUT2D eigenvalue weighted by molar-refractivity contribution is 0.0708. The number of amides is 1. The van der Waals surface area contributed by atoms with E-state index in [9.17, 15) is 4.79 Å². The molecule has 7 nitrogen and oxygen atoms in total. The van der Waals surface area contributed by atoms with Gasteiger partial charge in [0.25, 0.3) is 5.91 Å². The van der Waals surface area contributed by atoms with Gasteiger partial charge in [-0.25, -0.2) is 4.68 Å². The number of carbonyl (C=O) groups is 1. The van der Waals surface area contributed by atoms with Crippen molar-refractivity contribution < 1.29 is 9.53 Å². The largest absolute Gasteiger partial charge is 0.496 e. The first kappa shape index (κ1) is 21.9. The fraction of sp³-hybridized carbons (Fsp3) is 0.440. The molecule has 1 aliphatic heterocycles. The van der Waals surface area contributed by atoms with E-state index in [1.165, 1.54) is 6.33 Å². The Morgan fingerprint density at radius 3 is 2.70 bits per heavy atom. The van der Waals surface area contributed by atoms with Crippen LogP contribution in [0.25, 0.3) is 16.8 Å². The van der Waals surface area contributed by atoms with Crippen LogP contribution in [0.5, 0.6) is 5.75 Å². The lowest BCUT2D eigenvalue weighted by Crippen LogP contribution is -2.37. The normalized spacial score (nSPS) is 23.5. The molecule has 0 spiro atoms. The van der Waals surface area contributed by atoms with Crippen LogP contribution in [0.4, 0.5) is 0 Å². The minimum atomic E-state index is 0.0404. The molecule has 2 atom stereocenters. The van der Waals surface area contributed by atoms with Crippen molar-refractivity contribution in [2.24, 2.45) is 10.8 Å². The van der Waals surface area contributed by atoms with Gasteiger partial charge in [-0.05, 0) is 82.5 Å². The van der Waals surface area contributed by atoms with E-state index >= 15 is 0 Å². The number of benzene rings is 2. The topological polar surface area (TPSA) is 73.1 Å². The Morgan fingerprint density at radius 1 is 1.15 bits per heavy atom. The Hall–Kier alpha value is -2.93. The molecular formula is C25H28ClN5O2. The Balaban J connectivity index is 1.60. The summed E-state index contributed by atoms with van der Waals surface area (Å²) in [6, 6.07) is 11.4. The maximum Gasteiger partial charge on any atom is 0.254 e. The molecule has 2 heterocycles. The summed E-state index contributed by atoms with van der Waals surface area (Å²) < 4.78 is 7.14. The van der Waals surface area contributed by atoms with E-state index in [0.717, 1.165) is 36.9 Å². The molecule has 2 aromatic carbocycles. The number of nitrogens with zero attached hydrogens (tertiary/aromatic N) is 5. The van der Waals surface area contributed by atoms with Crippen molar-refractivity contribution in [3.63, 3.8) is 0 Å². The fourth-order valence-corrected chi connectivity index (χ4v) is 6.24. The summed E-state index contributed by atoms with van der Waals surface area (Å²) in [7, 11) is 1.62. The van der Waals surface area contributed by atoms with Crippen LogP contribution in [0, 0.1) is 10.8 Å². The fourth-order valence-electron chi connectivity index (χ4n) is 6.07. The van der Waals surface area contributed by atoms with Crippen molar-refractivity contribution in [2.45, 2.75) is 46.1 Å². The van der Waals surface area contributed by atoms with Gasteiger partial charge in [0.05, 0.1) is 12.8 Å². The Morgan fingerprint density at radius 2 is 1.97 bits per heavy atom. The molecule has 172 valence electrons. The zero-order chi connectivity index (χ0) is 23.4. The summed E-state index contributed by atoms with van der Waals surface area (Å²) in [6.07, 6.45) is 4.74. The molecule has 0 radical (unpaired) electrons. The highest BCUT2D eigenvalue weighted by Crippen LogP contribution is 2.52. The smallest absolute Gasteiger partial charge is 0.254 e. The van der Waals surface area contributed by atoms with Gasteiger partial charge < -0.3 is 9.64 Å². The SMILES string of the molecule is COc1ccc(Cl)cc1-c1cc(C(=O)N2C[C@@]3(C)C[C@H]2CC(C)(C)C3)cc(-n2cnnn2)c1. The van der Waals surface area contributed by atoms with E-state index in [-0.39, 0.29) is 22.8 Å². The summed E-state index contributed by atoms with van der Waals surface area (Å²) in [5.41, 5.74) is 3.33. The molecule has 1 saturated carbocycles. The van der Waals surface area contributed by atoms with E-state index in [2.05, 4.69) is 41.2 Å². The first-order valence-electron chi connectivity index (χ1n) is 11.2. The molecule has 5 rings (SSSR count). The number of halogens is 1. The van der Waals surface area contributed by atoms with Crippen molar-refractivity contribution in [3.05, 3.63) is 53.3 Å². The molecule has 2 bridgehead atoms. The number of carbonyl (C=O) groups excluding carboxylic acids is 1. The van der Waals surface area contributed by atoms with Crippen LogP contribution in [0.2, 0.25) is 5.02 Å². The highest BCUT2D eigenvalue weighted by atomic mass is 35.5. The number of hydrogen-bond donors (Lipinski definition) is 0. The quantitative estimate of drug-likeness (QED) is 0.540. The summed E-state index contributed by atoms with van der Waals surface area (Å²) in [5, 5.41) is 12.1. The summed E-state index contributed by atoms with van der Waals surface area (Å²) in [4.78, 5) is 16.0. The van der Waals surface area contributed by atoms with E-state index in [0.29, 0.717) is 22.0 Å². The molecule has 0 unspecified atom stereocenters. The molecule has 0 N–H and O–H groups in total. The predicted octanol–water partition coefficient (Wildman–Crippen LogP) is 5.03. The van der Waals surface area contributed by atoms with Gasteiger partial charge in [-0.1, -0.05) is 32.4 Å². The molecule has 2 aliphatic rings. The minimum Gasteiger partial charge on any atom is -0.496 e. The third-order valence-electron chi connectivity index (χ3n) is 6.93. The number of hydrogen-bond acceptors (Lipinski definition) is 5. The molecule has 1 amide bonds. The van der Waals surface area contributed by atoms with Crippen LogP contribution < -0.4 is 4.74 Å². The molecular weight excluding hydrogens is 438 g/mol. The Bertz CT molecular complexity index is 1210. The number of aromatic nitrogens is 4. The van der Waals surface area contributed by atoms with Gasteiger partial charge >= 0.3 is 0 Å². The zero-order valence-electron chi connectivity index (χ0n) is 19.4. The summed E-state index contributed by atoms with van der Waals surface area (Å²) in [5.74, 6) is 0.719. The zero-order valence-corrected chi connectivity index (χ0v) is 20.1. The molecule has 1 aromatic heterocycles. The van der Waals surface area contributed by atoms with E-state index in [1.807, 2.05) is 30.3 Å². The van der Waals surface area contributed by atoms with Crippen LogP contribution in [-0.4, -0.2) is 50.7 Å². The predicted molar refractivity (Wildman–Crippen MR) is 127 cm³/mol. The van der Waals surface area contributed by atoms with E-state index in [1.54, 1.807) is 17.9 Å². The molecule has 2 fully saturated rings. The highest BCUT2D eigenvalue weighted by molar-refractivity contribution is 6.31. The maximum atomic E-state index is 13.9. The van der Waals surface area contributed by atoms with Crippen LogP contribution in [0.1, 0.15) is 50.4 Å². The second kappa shape index (κ2) is 7.83. The second-order valence-corrected chi connectivity index (χ2v) is 11.0. The number of methoxy groups -OCH3 is 1. The molecule has 3 aromatic rings. The number of rotatable bonds is 4. The van der Waals surface area contributed by atoms with Crippen molar-refractivity contribution in [2.75, 3.05) is 13.7 Å². The molecule has 1 saturated heterocycles. The summed E-state index contributed by atoms with van der Waals surface area (Å²) in [6.45, 7) is 7.72. The minimum absolute atomic E-state index is 0.0404. The monoisotopic (exact) mass is 465 g/mol. The third kappa shape index (κ3) is 4.10. The van der Waals surface area contributed by atoms with Crippen LogP contribution >= 0.6 is 11.6 Å². The van der Waals surface area contributed by atoms with Gasteiger partial charge in [0.15, 0.2) is 0 Å². The van der Waals surface area contributed by atoms with Crippen molar-refractivity contribution >= 4 is 17.5 Å². The molecule has 33 heavy (non-hydrogen) atoms. The van der Waals surface area contributed by atoms with Gasteiger partial charge in [0, 0.05) is 28.7 Å². The average Bonchev–Trinajstić information content (AvgIpc) is 3.38. The number of ether oxygens (including phenoxy) is 1. The average molecular weight is 466 g/mol. The van der Waals surface area contributed by atoms with Crippen LogP contribution in [0.3, 0.4) is 0 Å². The van der Waals surface area contributed by atoms with Crippen molar-refractivity contribution in [1.82, 2.24) is 25.1 Å². The van der Waals surface area contributed by atoms with Gasteiger partial charge in [0.1, 0.15) is 12.1 Å². The van der Waals surface area contributed by atoms with Gasteiger partial charge in [-0.3, -0.25) is 4.79 Å². The second-order valence-electron chi connectivity index (χ2n) is 10.5. The lowest BCUT2D eigenvalue weighted by atomic mass is 9.65. The third-order valence-corrected chi connectivity index (χ3v) is 7.16. The van der Waals surface area contributed by atoms with E-state index in [4.69, 9.17) is 16.3 Å². The van der Waals surface area contributed by atoms with Gasteiger partial charge in [0.2, 0.25) is 0 Å². The van der Waals surface area contributed by atoms with Gasteiger partial charge in [-0.15, -0.1) is 5.10 Å². The van der Waals surface area contributed by atoms with Crippen LogP contribution in [0.15, 0.2) is 42.7 Å². The number of fused-ring (bicyclic) bond motifs is 2.